The molecule has 1 aromatic heterocycles. The van der Waals surface area contributed by atoms with Crippen LogP contribution in [0.1, 0.15) is 27.7 Å². The van der Waals surface area contributed by atoms with Gasteiger partial charge in [-0.3, -0.25) is 9.69 Å². The Bertz CT molecular complexity index is 592. The Labute approximate surface area is 148 Å². The van der Waals surface area contributed by atoms with Crippen molar-refractivity contribution in [3.05, 3.63) is 24.3 Å². The maximum Gasteiger partial charge on any atom is 0.231 e. The quantitative estimate of drug-likeness (QED) is 0.751. The van der Waals surface area contributed by atoms with Crippen molar-refractivity contribution in [2.24, 2.45) is 5.92 Å². The molecule has 0 fully saturated rings. The summed E-state index contributed by atoms with van der Waals surface area (Å²) in [5.74, 6) is 0.120. The van der Waals surface area contributed by atoms with Crippen molar-refractivity contribution >= 4 is 45.0 Å². The zero-order valence-electron chi connectivity index (χ0n) is 14.3. The number of rotatable bonds is 7. The first kappa shape index (κ1) is 19.9. The van der Waals surface area contributed by atoms with Gasteiger partial charge in [-0.2, -0.15) is 0 Å². The maximum atomic E-state index is 12.6. The minimum atomic E-state index is -0.0243. The van der Waals surface area contributed by atoms with Crippen LogP contribution in [0.15, 0.2) is 24.3 Å². The number of amides is 1. The molecule has 1 amide bonds. The van der Waals surface area contributed by atoms with Gasteiger partial charge in [0.2, 0.25) is 5.91 Å². The number of para-hydroxylation sites is 1. The van der Waals surface area contributed by atoms with E-state index in [1.807, 2.05) is 36.9 Å². The van der Waals surface area contributed by atoms with Gasteiger partial charge in [0.25, 0.3) is 0 Å². The average Bonchev–Trinajstić information content (AvgIpc) is 2.94. The summed E-state index contributed by atoms with van der Waals surface area (Å²) in [4.78, 5) is 21.4. The second-order valence-electron chi connectivity index (χ2n) is 5.64. The molecule has 1 heterocycles. The fraction of sp³-hybridized carbons (Fsp3) is 0.529. The van der Waals surface area contributed by atoms with Crippen LogP contribution in [0.25, 0.3) is 10.2 Å². The van der Waals surface area contributed by atoms with E-state index in [0.717, 1.165) is 35.0 Å². The minimum absolute atomic E-state index is 0. The number of thiazole rings is 1. The lowest BCUT2D eigenvalue weighted by Crippen LogP contribution is -2.40. The summed E-state index contributed by atoms with van der Waals surface area (Å²) in [6, 6.07) is 8.04. The third-order valence-electron chi connectivity index (χ3n) is 3.81. The van der Waals surface area contributed by atoms with E-state index in [0.29, 0.717) is 6.54 Å². The molecule has 6 heteroatoms. The highest BCUT2D eigenvalue weighted by Crippen LogP contribution is 2.29. The first-order chi connectivity index (χ1) is 10.6. The van der Waals surface area contributed by atoms with Crippen molar-refractivity contribution in [1.82, 2.24) is 9.88 Å². The van der Waals surface area contributed by atoms with Crippen LogP contribution in [0, 0.1) is 5.92 Å². The molecule has 0 spiro atoms. The molecule has 0 aliphatic heterocycles. The van der Waals surface area contributed by atoms with Crippen LogP contribution in [0.5, 0.6) is 0 Å². The SMILES string of the molecule is CCN(CC)CCN(C(=O)C(C)C)c1nc2ccccc2s1.Cl. The summed E-state index contributed by atoms with van der Waals surface area (Å²) in [6.07, 6.45) is 0. The topological polar surface area (TPSA) is 36.4 Å². The molecule has 0 N–H and O–H groups in total. The monoisotopic (exact) mass is 355 g/mol. The van der Waals surface area contributed by atoms with Gasteiger partial charge in [0.15, 0.2) is 5.13 Å². The molecule has 0 aliphatic carbocycles. The average molecular weight is 356 g/mol. The second-order valence-corrected chi connectivity index (χ2v) is 6.64. The minimum Gasteiger partial charge on any atom is -0.302 e. The fourth-order valence-corrected chi connectivity index (χ4v) is 3.37. The van der Waals surface area contributed by atoms with Crippen LogP contribution in [0.2, 0.25) is 0 Å². The maximum absolute atomic E-state index is 12.6. The molecule has 0 saturated heterocycles. The lowest BCUT2D eigenvalue weighted by molar-refractivity contribution is -0.121. The van der Waals surface area contributed by atoms with Gasteiger partial charge in [-0.15, -0.1) is 12.4 Å². The molecular formula is C17H26ClN3OS. The van der Waals surface area contributed by atoms with E-state index in [4.69, 9.17) is 0 Å². The normalized spacial score (nSPS) is 11.0. The van der Waals surface area contributed by atoms with Crippen molar-refractivity contribution in [3.63, 3.8) is 0 Å². The van der Waals surface area contributed by atoms with Gasteiger partial charge in [-0.25, -0.2) is 4.98 Å². The summed E-state index contributed by atoms with van der Waals surface area (Å²) < 4.78 is 1.13. The Morgan fingerprint density at radius 1 is 1.17 bits per heavy atom. The van der Waals surface area contributed by atoms with E-state index in [2.05, 4.69) is 29.8 Å². The van der Waals surface area contributed by atoms with Crippen molar-refractivity contribution < 1.29 is 4.79 Å². The second kappa shape index (κ2) is 9.21. The molecule has 128 valence electrons. The van der Waals surface area contributed by atoms with Gasteiger partial charge in [-0.05, 0) is 25.2 Å². The zero-order chi connectivity index (χ0) is 16.1. The Hall–Kier alpha value is -1.17. The van der Waals surface area contributed by atoms with Gasteiger partial charge >= 0.3 is 0 Å². The number of fused-ring (bicyclic) bond motifs is 1. The molecule has 0 aliphatic rings. The summed E-state index contributed by atoms with van der Waals surface area (Å²) in [6.45, 7) is 11.8. The summed E-state index contributed by atoms with van der Waals surface area (Å²) >= 11 is 1.59. The van der Waals surface area contributed by atoms with Crippen LogP contribution in [0.4, 0.5) is 5.13 Å². The first-order valence-corrected chi connectivity index (χ1v) is 8.77. The van der Waals surface area contributed by atoms with E-state index in [9.17, 15) is 4.79 Å². The van der Waals surface area contributed by atoms with Gasteiger partial charge in [0, 0.05) is 19.0 Å². The number of nitrogens with zero attached hydrogens (tertiary/aromatic N) is 3. The lowest BCUT2D eigenvalue weighted by atomic mass is 10.2. The highest BCUT2D eigenvalue weighted by Gasteiger charge is 2.22. The molecule has 4 nitrogen and oxygen atoms in total. The molecule has 1 aromatic carbocycles. The highest BCUT2D eigenvalue weighted by molar-refractivity contribution is 7.22. The molecule has 0 bridgehead atoms. The number of carbonyl (C=O) groups is 1. The van der Waals surface area contributed by atoms with Gasteiger partial charge in [0.1, 0.15) is 0 Å². The van der Waals surface area contributed by atoms with Crippen molar-refractivity contribution in [3.8, 4) is 0 Å². The molecule has 0 saturated carbocycles. The number of hydrogen-bond donors (Lipinski definition) is 0. The molecule has 2 aromatic rings. The Morgan fingerprint density at radius 3 is 2.39 bits per heavy atom. The Kier molecular flexibility index (Phi) is 7.95. The number of aromatic nitrogens is 1. The van der Waals surface area contributed by atoms with Crippen molar-refractivity contribution in [1.29, 1.82) is 0 Å². The Morgan fingerprint density at radius 2 is 1.83 bits per heavy atom. The molecule has 0 atom stereocenters. The fourth-order valence-electron chi connectivity index (χ4n) is 2.37. The molecular weight excluding hydrogens is 330 g/mol. The van der Waals surface area contributed by atoms with Crippen LogP contribution in [-0.4, -0.2) is 42.0 Å². The number of benzene rings is 1. The number of carbonyl (C=O) groups excluding carboxylic acids is 1. The standard InChI is InChI=1S/C17H25N3OS.ClH/c1-5-19(6-2)11-12-20(16(21)13(3)4)17-18-14-9-7-8-10-15(14)22-17;/h7-10,13H,5-6,11-12H2,1-4H3;1H. The van der Waals surface area contributed by atoms with Crippen LogP contribution in [-0.2, 0) is 4.79 Å². The lowest BCUT2D eigenvalue weighted by Gasteiger charge is -2.25. The number of anilines is 1. The molecule has 23 heavy (non-hydrogen) atoms. The predicted molar refractivity (Wildman–Crippen MR) is 102 cm³/mol. The van der Waals surface area contributed by atoms with Gasteiger partial charge < -0.3 is 4.90 Å². The van der Waals surface area contributed by atoms with Crippen LogP contribution in [0.3, 0.4) is 0 Å². The predicted octanol–water partition coefficient (Wildman–Crippen LogP) is 4.05. The highest BCUT2D eigenvalue weighted by atomic mass is 35.5. The molecule has 0 unspecified atom stereocenters. The zero-order valence-corrected chi connectivity index (χ0v) is 15.9. The third kappa shape index (κ3) is 4.90. The van der Waals surface area contributed by atoms with Gasteiger partial charge in [-0.1, -0.05) is 51.2 Å². The van der Waals surface area contributed by atoms with Gasteiger partial charge in [0.05, 0.1) is 10.2 Å². The van der Waals surface area contributed by atoms with Crippen LogP contribution < -0.4 is 4.90 Å². The molecule has 0 radical (unpaired) electrons. The van der Waals surface area contributed by atoms with Crippen molar-refractivity contribution in [2.45, 2.75) is 27.7 Å². The number of hydrogen-bond acceptors (Lipinski definition) is 4. The van der Waals surface area contributed by atoms with E-state index < -0.39 is 0 Å². The third-order valence-corrected chi connectivity index (χ3v) is 4.87. The van der Waals surface area contributed by atoms with E-state index >= 15 is 0 Å². The summed E-state index contributed by atoms with van der Waals surface area (Å²) in [7, 11) is 0. The van der Waals surface area contributed by atoms with E-state index in [1.165, 1.54) is 0 Å². The smallest absolute Gasteiger partial charge is 0.231 e. The van der Waals surface area contributed by atoms with Crippen LogP contribution >= 0.6 is 23.7 Å². The Balaban J connectivity index is 0.00000264. The largest absolute Gasteiger partial charge is 0.302 e. The molecule has 2 rings (SSSR count). The first-order valence-electron chi connectivity index (χ1n) is 7.96. The summed E-state index contributed by atoms with van der Waals surface area (Å²) in [5, 5.41) is 0.812. The van der Waals surface area contributed by atoms with Crippen molar-refractivity contribution in [2.75, 3.05) is 31.1 Å². The summed E-state index contributed by atoms with van der Waals surface area (Å²) in [5.41, 5.74) is 0.965. The van der Waals surface area contributed by atoms with E-state index in [1.54, 1.807) is 11.3 Å². The van der Waals surface area contributed by atoms with E-state index in [-0.39, 0.29) is 24.2 Å². The number of likely N-dealkylation sites (N-methyl/N-ethyl adjacent to an activating group) is 1. The number of halogens is 1.